The summed E-state index contributed by atoms with van der Waals surface area (Å²) in [6, 6.07) is 11.1. The molecule has 1 saturated carbocycles. The molecular formula is C26H32N2O5S. The highest BCUT2D eigenvalue weighted by Crippen LogP contribution is 2.40. The van der Waals surface area contributed by atoms with Crippen molar-refractivity contribution in [2.75, 3.05) is 7.11 Å². The molecule has 0 spiro atoms. The van der Waals surface area contributed by atoms with Gasteiger partial charge in [0.1, 0.15) is 22.8 Å². The van der Waals surface area contributed by atoms with Gasteiger partial charge < -0.3 is 19.5 Å². The maximum Gasteiger partial charge on any atom is 0.328 e. The van der Waals surface area contributed by atoms with Crippen LogP contribution in [0.3, 0.4) is 0 Å². The molecular weight excluding hydrogens is 452 g/mol. The number of hydrogen-bond donors (Lipinski definition) is 1. The van der Waals surface area contributed by atoms with Crippen LogP contribution in [0.4, 0.5) is 0 Å². The van der Waals surface area contributed by atoms with E-state index in [-0.39, 0.29) is 28.5 Å². The Balaban J connectivity index is 1.70. The van der Waals surface area contributed by atoms with Crippen LogP contribution >= 0.6 is 12.2 Å². The van der Waals surface area contributed by atoms with Crippen LogP contribution in [-0.4, -0.2) is 41.2 Å². The number of carbonyl (C=O) groups is 2. The van der Waals surface area contributed by atoms with Crippen molar-refractivity contribution in [2.45, 2.75) is 64.5 Å². The fraction of sp³-hybridized carbons (Fsp3) is 0.462. The molecule has 1 aliphatic rings. The van der Waals surface area contributed by atoms with Gasteiger partial charge in [-0.05, 0) is 38.2 Å². The fourth-order valence-corrected chi connectivity index (χ4v) is 4.92. The van der Waals surface area contributed by atoms with Gasteiger partial charge in [0.25, 0.3) is 0 Å². The first-order valence-electron chi connectivity index (χ1n) is 11.6. The molecule has 2 aromatic rings. The summed E-state index contributed by atoms with van der Waals surface area (Å²) in [6.45, 7) is 4.92. The third-order valence-electron chi connectivity index (χ3n) is 6.15. The van der Waals surface area contributed by atoms with Crippen LogP contribution in [-0.2, 0) is 14.3 Å². The van der Waals surface area contributed by atoms with E-state index in [0.717, 1.165) is 12.8 Å². The zero-order valence-corrected chi connectivity index (χ0v) is 20.9. The van der Waals surface area contributed by atoms with E-state index >= 15 is 0 Å². The van der Waals surface area contributed by atoms with Crippen molar-refractivity contribution in [3.05, 3.63) is 53.9 Å². The van der Waals surface area contributed by atoms with Crippen LogP contribution in [0.15, 0.2) is 42.6 Å². The van der Waals surface area contributed by atoms with E-state index in [1.165, 1.54) is 38.6 Å². The SMILES string of the molecule is COc1ccnc(C(=S)N[C@@H](C)C(=O)OC(C)[C@H](c2ccccc2)C2CCCC2)c1OC(C)=O. The highest BCUT2D eigenvalue weighted by Gasteiger charge is 2.33. The Hall–Kier alpha value is -3.00. The Labute approximate surface area is 206 Å². The lowest BCUT2D eigenvalue weighted by molar-refractivity contribution is -0.151. The third-order valence-corrected chi connectivity index (χ3v) is 6.46. The highest BCUT2D eigenvalue weighted by molar-refractivity contribution is 7.80. The van der Waals surface area contributed by atoms with Crippen LogP contribution in [0.5, 0.6) is 11.5 Å². The molecule has 1 heterocycles. The van der Waals surface area contributed by atoms with Gasteiger partial charge in [-0.2, -0.15) is 0 Å². The molecule has 182 valence electrons. The second-order valence-corrected chi connectivity index (χ2v) is 9.01. The van der Waals surface area contributed by atoms with E-state index < -0.39 is 18.0 Å². The Morgan fingerprint density at radius 1 is 1.12 bits per heavy atom. The van der Waals surface area contributed by atoms with Crippen LogP contribution in [0.2, 0.25) is 0 Å². The molecule has 3 rings (SSSR count). The average molecular weight is 485 g/mol. The summed E-state index contributed by atoms with van der Waals surface area (Å²) in [5, 5.41) is 2.96. The Kier molecular flexibility index (Phi) is 8.98. The van der Waals surface area contributed by atoms with Crippen molar-refractivity contribution >= 4 is 29.1 Å². The van der Waals surface area contributed by atoms with Gasteiger partial charge in [0, 0.05) is 25.1 Å². The second-order valence-electron chi connectivity index (χ2n) is 8.60. The van der Waals surface area contributed by atoms with Crippen molar-refractivity contribution in [1.82, 2.24) is 10.3 Å². The fourth-order valence-electron chi connectivity index (χ4n) is 4.60. The Morgan fingerprint density at radius 2 is 1.79 bits per heavy atom. The van der Waals surface area contributed by atoms with Crippen molar-refractivity contribution < 1.29 is 23.8 Å². The van der Waals surface area contributed by atoms with Gasteiger partial charge in [0.15, 0.2) is 5.75 Å². The van der Waals surface area contributed by atoms with E-state index in [4.69, 9.17) is 26.4 Å². The third kappa shape index (κ3) is 6.32. The molecule has 0 amide bonds. The minimum atomic E-state index is -0.729. The molecule has 1 unspecified atom stereocenters. The van der Waals surface area contributed by atoms with Crippen LogP contribution in [0.25, 0.3) is 0 Å². The van der Waals surface area contributed by atoms with Gasteiger partial charge in [0.05, 0.1) is 7.11 Å². The van der Waals surface area contributed by atoms with E-state index in [1.54, 1.807) is 13.0 Å². The topological polar surface area (TPSA) is 86.8 Å². The molecule has 1 aromatic carbocycles. The first-order chi connectivity index (χ1) is 16.3. The lowest BCUT2D eigenvalue weighted by Crippen LogP contribution is -2.41. The van der Waals surface area contributed by atoms with Crippen LogP contribution < -0.4 is 14.8 Å². The monoisotopic (exact) mass is 484 g/mol. The molecule has 1 fully saturated rings. The van der Waals surface area contributed by atoms with E-state index in [0.29, 0.717) is 11.7 Å². The zero-order chi connectivity index (χ0) is 24.7. The number of benzene rings is 1. The molecule has 0 saturated heterocycles. The summed E-state index contributed by atoms with van der Waals surface area (Å²) in [5.41, 5.74) is 1.41. The number of thiocarbonyl (C=S) groups is 1. The summed E-state index contributed by atoms with van der Waals surface area (Å²) in [4.78, 5) is 28.9. The standard InChI is InChI=1S/C26H32N2O5S/c1-16(28-25(34)23-24(33-18(3)29)21(31-4)14-15-27-23)26(30)32-17(2)22(20-12-8-9-13-20)19-10-6-5-7-11-19/h5-7,10-11,14-17,20,22H,8-9,12-13H2,1-4H3,(H,28,34)/t16-,17?,22+/m0/s1. The predicted molar refractivity (Wildman–Crippen MR) is 133 cm³/mol. The minimum Gasteiger partial charge on any atom is -0.493 e. The largest absolute Gasteiger partial charge is 0.493 e. The highest BCUT2D eigenvalue weighted by atomic mass is 32.1. The molecule has 3 atom stereocenters. The minimum absolute atomic E-state index is 0.106. The van der Waals surface area contributed by atoms with Gasteiger partial charge in [-0.25, -0.2) is 9.78 Å². The number of hydrogen-bond acceptors (Lipinski definition) is 7. The predicted octanol–water partition coefficient (Wildman–Crippen LogP) is 4.57. The Morgan fingerprint density at radius 3 is 2.41 bits per heavy atom. The van der Waals surface area contributed by atoms with Gasteiger partial charge in [-0.1, -0.05) is 55.4 Å². The number of pyridine rings is 1. The van der Waals surface area contributed by atoms with Gasteiger partial charge in [-0.3, -0.25) is 4.79 Å². The van der Waals surface area contributed by atoms with Crippen molar-refractivity contribution in [3.8, 4) is 11.5 Å². The smallest absolute Gasteiger partial charge is 0.328 e. The molecule has 0 bridgehead atoms. The van der Waals surface area contributed by atoms with Crippen LogP contribution in [0.1, 0.15) is 63.6 Å². The first kappa shape index (κ1) is 25.6. The number of carbonyl (C=O) groups excluding carboxylic acids is 2. The molecule has 7 nitrogen and oxygen atoms in total. The van der Waals surface area contributed by atoms with Crippen molar-refractivity contribution in [1.29, 1.82) is 0 Å². The number of nitrogens with one attached hydrogen (secondary N) is 1. The summed E-state index contributed by atoms with van der Waals surface area (Å²) in [6.07, 6.45) is 5.90. The second kappa shape index (κ2) is 11.9. The molecule has 0 aliphatic heterocycles. The number of methoxy groups -OCH3 is 1. The first-order valence-corrected chi connectivity index (χ1v) is 12.0. The number of nitrogens with zero attached hydrogens (tertiary/aromatic N) is 1. The molecule has 8 heteroatoms. The van der Waals surface area contributed by atoms with Crippen LogP contribution in [0, 0.1) is 5.92 Å². The lowest BCUT2D eigenvalue weighted by atomic mass is 9.81. The normalized spacial score (nSPS) is 16.2. The van der Waals surface area contributed by atoms with E-state index in [9.17, 15) is 9.59 Å². The number of esters is 2. The summed E-state index contributed by atoms with van der Waals surface area (Å²) >= 11 is 5.46. The van der Waals surface area contributed by atoms with Crippen molar-refractivity contribution in [2.24, 2.45) is 5.92 Å². The van der Waals surface area contributed by atoms with Crippen molar-refractivity contribution in [3.63, 3.8) is 0 Å². The zero-order valence-electron chi connectivity index (χ0n) is 20.1. The van der Waals surface area contributed by atoms with Gasteiger partial charge in [0.2, 0.25) is 5.75 Å². The maximum absolute atomic E-state index is 13.0. The molecule has 1 aromatic heterocycles. The summed E-state index contributed by atoms with van der Waals surface area (Å²) < 4.78 is 16.5. The van der Waals surface area contributed by atoms with Gasteiger partial charge in [-0.15, -0.1) is 0 Å². The summed E-state index contributed by atoms with van der Waals surface area (Å²) in [7, 11) is 1.46. The maximum atomic E-state index is 13.0. The number of aromatic nitrogens is 1. The van der Waals surface area contributed by atoms with E-state index in [2.05, 4.69) is 22.4 Å². The lowest BCUT2D eigenvalue weighted by Gasteiger charge is -2.30. The number of rotatable bonds is 9. The molecule has 34 heavy (non-hydrogen) atoms. The van der Waals surface area contributed by atoms with E-state index in [1.807, 2.05) is 25.1 Å². The molecule has 0 radical (unpaired) electrons. The quantitative estimate of drug-likeness (QED) is 0.409. The average Bonchev–Trinajstić information content (AvgIpc) is 3.33. The molecule has 1 aliphatic carbocycles. The molecule has 1 N–H and O–H groups in total. The number of ether oxygens (including phenoxy) is 3. The van der Waals surface area contributed by atoms with Gasteiger partial charge >= 0.3 is 11.9 Å². The summed E-state index contributed by atoms with van der Waals surface area (Å²) in [5.74, 6) is 0.107. The Bertz CT molecular complexity index is 1010.